The van der Waals surface area contributed by atoms with E-state index in [2.05, 4.69) is 26.1 Å². The summed E-state index contributed by atoms with van der Waals surface area (Å²) in [7, 11) is 0. The van der Waals surface area contributed by atoms with E-state index in [1.165, 1.54) is 6.39 Å². The average Bonchev–Trinajstić information content (AvgIpc) is 2.54. The highest BCUT2D eigenvalue weighted by atomic mass is 79.9. The molecule has 3 nitrogen and oxygen atoms in total. The molecule has 0 N–H and O–H groups in total. The third-order valence-electron chi connectivity index (χ3n) is 2.08. The molecule has 0 aliphatic rings. The van der Waals surface area contributed by atoms with Crippen molar-refractivity contribution < 1.29 is 4.52 Å². The number of hydrogen-bond acceptors (Lipinski definition) is 3. The highest BCUT2D eigenvalue weighted by molar-refractivity contribution is 9.10. The van der Waals surface area contributed by atoms with Crippen molar-refractivity contribution in [2.24, 2.45) is 0 Å². The van der Waals surface area contributed by atoms with Crippen LogP contribution in [0.1, 0.15) is 11.1 Å². The van der Waals surface area contributed by atoms with E-state index >= 15 is 0 Å². The first-order chi connectivity index (χ1) is 6.68. The van der Waals surface area contributed by atoms with Crippen molar-refractivity contribution in [3.05, 3.63) is 34.1 Å². The molecule has 2 aromatic rings. The molecule has 0 saturated carbocycles. The molecule has 0 atom stereocenters. The number of halogens is 1. The van der Waals surface area contributed by atoms with Gasteiger partial charge in [0.05, 0.1) is 0 Å². The number of aryl methyl sites for hydroxylation is 2. The normalized spacial score (nSPS) is 10.5. The van der Waals surface area contributed by atoms with Crippen molar-refractivity contribution in [1.29, 1.82) is 0 Å². The van der Waals surface area contributed by atoms with Gasteiger partial charge < -0.3 is 4.52 Å². The van der Waals surface area contributed by atoms with Crippen LogP contribution in [0.3, 0.4) is 0 Å². The largest absolute Gasteiger partial charge is 0.342 e. The number of benzene rings is 1. The molecule has 1 aromatic carbocycles. The first-order valence-electron chi connectivity index (χ1n) is 4.22. The van der Waals surface area contributed by atoms with Crippen LogP contribution in [-0.4, -0.2) is 10.1 Å². The number of hydrogen-bond donors (Lipinski definition) is 0. The SMILES string of the molecule is Cc1cc(Br)cc(C)c1-c1ncon1. The summed E-state index contributed by atoms with van der Waals surface area (Å²) in [6.45, 7) is 4.06. The van der Waals surface area contributed by atoms with Crippen LogP contribution in [0.4, 0.5) is 0 Å². The molecule has 0 aliphatic heterocycles. The zero-order valence-corrected chi connectivity index (χ0v) is 9.50. The fraction of sp³-hybridized carbons (Fsp3) is 0.200. The van der Waals surface area contributed by atoms with Gasteiger partial charge in [0.1, 0.15) is 0 Å². The maximum atomic E-state index is 4.74. The molecule has 0 amide bonds. The lowest BCUT2D eigenvalue weighted by Gasteiger charge is -2.05. The summed E-state index contributed by atoms with van der Waals surface area (Å²) < 4.78 is 5.81. The second-order valence-corrected chi connectivity index (χ2v) is 4.09. The Bertz CT molecular complexity index is 428. The summed E-state index contributed by atoms with van der Waals surface area (Å²) in [6.07, 6.45) is 1.34. The molecular formula is C10H9BrN2O. The minimum absolute atomic E-state index is 0.646. The Morgan fingerprint density at radius 2 is 1.86 bits per heavy atom. The highest BCUT2D eigenvalue weighted by Gasteiger charge is 2.10. The predicted octanol–water partition coefficient (Wildman–Crippen LogP) is 3.12. The van der Waals surface area contributed by atoms with Crippen LogP contribution in [0.15, 0.2) is 27.5 Å². The maximum Gasteiger partial charge on any atom is 0.214 e. The van der Waals surface area contributed by atoms with E-state index in [1.807, 2.05) is 26.0 Å². The molecule has 0 spiro atoms. The first-order valence-corrected chi connectivity index (χ1v) is 5.01. The summed E-state index contributed by atoms with van der Waals surface area (Å²) >= 11 is 3.45. The number of rotatable bonds is 1. The molecule has 4 heteroatoms. The van der Waals surface area contributed by atoms with Crippen LogP contribution in [0, 0.1) is 13.8 Å². The van der Waals surface area contributed by atoms with E-state index in [4.69, 9.17) is 4.52 Å². The molecule has 0 radical (unpaired) electrons. The Morgan fingerprint density at radius 1 is 1.21 bits per heavy atom. The molecule has 14 heavy (non-hydrogen) atoms. The summed E-state index contributed by atoms with van der Waals surface area (Å²) in [5.41, 5.74) is 3.32. The number of nitrogens with zero attached hydrogens (tertiary/aromatic N) is 2. The second kappa shape index (κ2) is 3.53. The van der Waals surface area contributed by atoms with Gasteiger partial charge in [0.15, 0.2) is 0 Å². The van der Waals surface area contributed by atoms with Crippen molar-refractivity contribution in [3.8, 4) is 11.4 Å². The van der Waals surface area contributed by atoms with E-state index in [9.17, 15) is 0 Å². The van der Waals surface area contributed by atoms with Crippen molar-refractivity contribution in [3.63, 3.8) is 0 Å². The Labute approximate surface area is 90.3 Å². The predicted molar refractivity (Wildman–Crippen MR) is 56.9 cm³/mol. The Morgan fingerprint density at radius 3 is 2.36 bits per heavy atom. The Balaban J connectivity index is 2.64. The molecule has 0 fully saturated rings. The van der Waals surface area contributed by atoms with Crippen molar-refractivity contribution in [2.45, 2.75) is 13.8 Å². The van der Waals surface area contributed by atoms with Gasteiger partial charge in [-0.3, -0.25) is 0 Å². The van der Waals surface area contributed by atoms with Crippen LogP contribution < -0.4 is 0 Å². The molecular weight excluding hydrogens is 244 g/mol. The second-order valence-electron chi connectivity index (χ2n) is 3.17. The fourth-order valence-electron chi connectivity index (χ4n) is 1.54. The maximum absolute atomic E-state index is 4.74. The molecule has 2 rings (SSSR count). The average molecular weight is 253 g/mol. The zero-order valence-electron chi connectivity index (χ0n) is 7.91. The van der Waals surface area contributed by atoms with Crippen molar-refractivity contribution in [2.75, 3.05) is 0 Å². The topological polar surface area (TPSA) is 38.9 Å². The van der Waals surface area contributed by atoms with Gasteiger partial charge in [-0.2, -0.15) is 4.98 Å². The molecule has 1 aromatic heterocycles. The molecule has 0 unspecified atom stereocenters. The quantitative estimate of drug-likeness (QED) is 0.783. The zero-order chi connectivity index (χ0) is 10.1. The van der Waals surface area contributed by atoms with Crippen molar-refractivity contribution >= 4 is 15.9 Å². The van der Waals surface area contributed by atoms with Gasteiger partial charge in [-0.1, -0.05) is 21.1 Å². The molecule has 0 bridgehead atoms. The van der Waals surface area contributed by atoms with E-state index in [0.717, 1.165) is 21.2 Å². The summed E-state index contributed by atoms with van der Waals surface area (Å²) in [5, 5.41) is 3.84. The lowest BCUT2D eigenvalue weighted by atomic mass is 10.0. The van der Waals surface area contributed by atoms with Gasteiger partial charge in [-0.25, -0.2) is 0 Å². The van der Waals surface area contributed by atoms with E-state index < -0.39 is 0 Å². The summed E-state index contributed by atoms with van der Waals surface area (Å²) in [6, 6.07) is 4.08. The van der Waals surface area contributed by atoms with Crippen LogP contribution in [-0.2, 0) is 0 Å². The van der Waals surface area contributed by atoms with Crippen LogP contribution in [0.5, 0.6) is 0 Å². The Hall–Kier alpha value is -1.16. The smallest absolute Gasteiger partial charge is 0.214 e. The molecule has 0 saturated heterocycles. The lowest BCUT2D eigenvalue weighted by molar-refractivity contribution is 0.418. The minimum Gasteiger partial charge on any atom is -0.342 e. The summed E-state index contributed by atoms with van der Waals surface area (Å²) in [5.74, 6) is 0.646. The molecule has 72 valence electrons. The van der Waals surface area contributed by atoms with Crippen LogP contribution in [0.2, 0.25) is 0 Å². The van der Waals surface area contributed by atoms with Gasteiger partial charge in [0.25, 0.3) is 0 Å². The first kappa shape index (κ1) is 9.40. The number of aromatic nitrogens is 2. The third-order valence-corrected chi connectivity index (χ3v) is 2.54. The van der Waals surface area contributed by atoms with Crippen LogP contribution >= 0.6 is 15.9 Å². The van der Waals surface area contributed by atoms with Crippen molar-refractivity contribution in [1.82, 2.24) is 10.1 Å². The van der Waals surface area contributed by atoms with Gasteiger partial charge in [-0.05, 0) is 37.1 Å². The third kappa shape index (κ3) is 1.57. The molecule has 1 heterocycles. The Kier molecular flexibility index (Phi) is 2.37. The summed E-state index contributed by atoms with van der Waals surface area (Å²) in [4.78, 5) is 4.04. The van der Waals surface area contributed by atoms with Crippen LogP contribution in [0.25, 0.3) is 11.4 Å². The van der Waals surface area contributed by atoms with E-state index in [0.29, 0.717) is 5.82 Å². The van der Waals surface area contributed by atoms with Gasteiger partial charge in [-0.15, -0.1) is 0 Å². The molecule has 0 aliphatic carbocycles. The van der Waals surface area contributed by atoms with Gasteiger partial charge in [0, 0.05) is 10.0 Å². The van der Waals surface area contributed by atoms with Gasteiger partial charge >= 0.3 is 0 Å². The monoisotopic (exact) mass is 252 g/mol. The lowest BCUT2D eigenvalue weighted by Crippen LogP contribution is -1.90. The van der Waals surface area contributed by atoms with E-state index in [-0.39, 0.29) is 0 Å². The minimum atomic E-state index is 0.646. The highest BCUT2D eigenvalue weighted by Crippen LogP contribution is 2.27. The van der Waals surface area contributed by atoms with E-state index in [1.54, 1.807) is 0 Å². The fourth-order valence-corrected chi connectivity index (χ4v) is 2.23. The van der Waals surface area contributed by atoms with Gasteiger partial charge in [0.2, 0.25) is 12.2 Å². The standard InChI is InChI=1S/C10H9BrN2O/c1-6-3-8(11)4-7(2)9(6)10-12-5-14-13-10/h3-5H,1-2H3.